The molecular formula is C11H15NO. The first-order valence-corrected chi connectivity index (χ1v) is 4.68. The molecule has 0 radical (unpaired) electrons. The highest BCUT2D eigenvalue weighted by Crippen LogP contribution is 2.25. The van der Waals surface area contributed by atoms with Crippen LogP contribution in [0.5, 0.6) is 0 Å². The summed E-state index contributed by atoms with van der Waals surface area (Å²) in [5.41, 5.74) is 2.40. The molecule has 1 aromatic carbocycles. The average molecular weight is 177 g/mol. The summed E-state index contributed by atoms with van der Waals surface area (Å²) in [6, 6.07) is 8.27. The van der Waals surface area contributed by atoms with Crippen molar-refractivity contribution in [2.24, 2.45) is 0 Å². The summed E-state index contributed by atoms with van der Waals surface area (Å²) in [6.07, 6.45) is 0. The van der Waals surface area contributed by atoms with Crippen molar-refractivity contribution < 1.29 is 5.11 Å². The maximum atomic E-state index is 8.87. The summed E-state index contributed by atoms with van der Waals surface area (Å²) >= 11 is 0. The number of aliphatic hydroxyl groups is 1. The van der Waals surface area contributed by atoms with E-state index in [2.05, 4.69) is 24.1 Å². The zero-order valence-electron chi connectivity index (χ0n) is 7.90. The van der Waals surface area contributed by atoms with Crippen LogP contribution in [0, 0.1) is 0 Å². The van der Waals surface area contributed by atoms with Crippen LogP contribution in [0.2, 0.25) is 0 Å². The first-order valence-electron chi connectivity index (χ1n) is 4.68. The van der Waals surface area contributed by atoms with Gasteiger partial charge in [-0.05, 0) is 18.2 Å². The quantitative estimate of drug-likeness (QED) is 0.734. The van der Waals surface area contributed by atoms with E-state index in [4.69, 9.17) is 5.11 Å². The zero-order valence-corrected chi connectivity index (χ0v) is 7.90. The number of hydrogen-bond donors (Lipinski definition) is 1. The molecule has 2 rings (SSSR count). The van der Waals surface area contributed by atoms with Crippen LogP contribution in [-0.2, 0) is 6.61 Å². The second-order valence-electron chi connectivity index (χ2n) is 3.82. The normalized spacial score (nSPS) is 18.6. The van der Waals surface area contributed by atoms with Crippen molar-refractivity contribution in [2.75, 3.05) is 20.1 Å². The van der Waals surface area contributed by atoms with E-state index in [0.717, 1.165) is 5.56 Å². The molecule has 0 saturated carbocycles. The second-order valence-corrected chi connectivity index (χ2v) is 3.82. The summed E-state index contributed by atoms with van der Waals surface area (Å²) < 4.78 is 0. The van der Waals surface area contributed by atoms with Crippen LogP contribution in [0.3, 0.4) is 0 Å². The molecule has 13 heavy (non-hydrogen) atoms. The van der Waals surface area contributed by atoms with Gasteiger partial charge in [-0.1, -0.05) is 24.3 Å². The molecule has 0 amide bonds. The van der Waals surface area contributed by atoms with Gasteiger partial charge in [0.25, 0.3) is 0 Å². The third-order valence-electron chi connectivity index (χ3n) is 2.70. The molecule has 1 heterocycles. The third-order valence-corrected chi connectivity index (χ3v) is 2.70. The monoisotopic (exact) mass is 177 g/mol. The minimum Gasteiger partial charge on any atom is -0.392 e. The van der Waals surface area contributed by atoms with Gasteiger partial charge in [-0.2, -0.15) is 0 Å². The van der Waals surface area contributed by atoms with E-state index < -0.39 is 0 Å². The maximum absolute atomic E-state index is 8.87. The van der Waals surface area contributed by atoms with E-state index in [1.807, 2.05) is 12.1 Å². The highest BCUT2D eigenvalue weighted by molar-refractivity contribution is 5.27. The van der Waals surface area contributed by atoms with Gasteiger partial charge < -0.3 is 10.0 Å². The van der Waals surface area contributed by atoms with Crippen LogP contribution < -0.4 is 0 Å². The van der Waals surface area contributed by atoms with Gasteiger partial charge in [-0.15, -0.1) is 0 Å². The topological polar surface area (TPSA) is 23.5 Å². The van der Waals surface area contributed by atoms with Gasteiger partial charge in [0, 0.05) is 19.0 Å². The Labute approximate surface area is 78.8 Å². The number of likely N-dealkylation sites (tertiary alicyclic amines) is 1. The zero-order chi connectivity index (χ0) is 9.26. The minimum atomic E-state index is 0.144. The number of nitrogens with zero attached hydrogens (tertiary/aromatic N) is 1. The summed E-state index contributed by atoms with van der Waals surface area (Å²) in [5.74, 6) is 0.706. The molecular weight excluding hydrogens is 162 g/mol. The molecule has 0 atom stereocenters. The van der Waals surface area contributed by atoms with Crippen LogP contribution in [0.25, 0.3) is 0 Å². The highest BCUT2D eigenvalue weighted by atomic mass is 16.3. The molecule has 0 bridgehead atoms. The van der Waals surface area contributed by atoms with Crippen molar-refractivity contribution in [1.29, 1.82) is 0 Å². The fourth-order valence-electron chi connectivity index (χ4n) is 1.81. The van der Waals surface area contributed by atoms with Crippen LogP contribution in [0.15, 0.2) is 24.3 Å². The van der Waals surface area contributed by atoms with Crippen LogP contribution in [0.1, 0.15) is 17.0 Å². The molecule has 0 unspecified atom stereocenters. The number of aliphatic hydroxyl groups excluding tert-OH is 1. The van der Waals surface area contributed by atoms with Gasteiger partial charge in [0.05, 0.1) is 6.61 Å². The third kappa shape index (κ3) is 1.74. The van der Waals surface area contributed by atoms with Crippen LogP contribution in [0.4, 0.5) is 0 Å². The lowest BCUT2D eigenvalue weighted by Crippen LogP contribution is -2.41. The molecule has 2 heteroatoms. The average Bonchev–Trinajstić information content (AvgIpc) is 2.13. The Morgan fingerprint density at radius 1 is 1.31 bits per heavy atom. The predicted octanol–water partition coefficient (Wildman–Crippen LogP) is 1.21. The van der Waals surface area contributed by atoms with Gasteiger partial charge in [0.2, 0.25) is 0 Å². The van der Waals surface area contributed by atoms with E-state index in [1.54, 1.807) is 0 Å². The Morgan fingerprint density at radius 2 is 1.92 bits per heavy atom. The van der Waals surface area contributed by atoms with Gasteiger partial charge in [0.1, 0.15) is 0 Å². The van der Waals surface area contributed by atoms with Crippen LogP contribution >= 0.6 is 0 Å². The van der Waals surface area contributed by atoms with Gasteiger partial charge >= 0.3 is 0 Å². The molecule has 1 aliphatic rings. The minimum absolute atomic E-state index is 0.144. The Kier molecular flexibility index (Phi) is 2.34. The van der Waals surface area contributed by atoms with Crippen molar-refractivity contribution >= 4 is 0 Å². The molecule has 1 saturated heterocycles. The fraction of sp³-hybridized carbons (Fsp3) is 0.455. The Hall–Kier alpha value is -0.860. The van der Waals surface area contributed by atoms with Gasteiger partial charge in [0.15, 0.2) is 0 Å². The van der Waals surface area contributed by atoms with E-state index in [9.17, 15) is 0 Å². The molecule has 0 aliphatic carbocycles. The molecule has 70 valence electrons. The summed E-state index contributed by atoms with van der Waals surface area (Å²) in [4.78, 5) is 2.31. The lowest BCUT2D eigenvalue weighted by Gasteiger charge is -2.36. The molecule has 0 spiro atoms. The first kappa shape index (κ1) is 8.73. The molecule has 1 N–H and O–H groups in total. The Morgan fingerprint density at radius 3 is 2.38 bits per heavy atom. The molecule has 1 aliphatic heterocycles. The fourth-order valence-corrected chi connectivity index (χ4v) is 1.81. The maximum Gasteiger partial charge on any atom is 0.0681 e. The predicted molar refractivity (Wildman–Crippen MR) is 52.6 cm³/mol. The summed E-state index contributed by atoms with van der Waals surface area (Å²) in [5, 5.41) is 8.87. The van der Waals surface area contributed by atoms with Crippen molar-refractivity contribution in [1.82, 2.24) is 4.90 Å². The van der Waals surface area contributed by atoms with E-state index >= 15 is 0 Å². The Balaban J connectivity index is 2.06. The van der Waals surface area contributed by atoms with E-state index in [1.165, 1.54) is 18.7 Å². The van der Waals surface area contributed by atoms with Gasteiger partial charge in [-0.25, -0.2) is 0 Å². The van der Waals surface area contributed by atoms with Crippen molar-refractivity contribution in [3.8, 4) is 0 Å². The molecule has 1 aromatic rings. The van der Waals surface area contributed by atoms with Crippen molar-refractivity contribution in [3.63, 3.8) is 0 Å². The van der Waals surface area contributed by atoms with Crippen molar-refractivity contribution in [3.05, 3.63) is 35.4 Å². The molecule has 2 nitrogen and oxygen atoms in total. The van der Waals surface area contributed by atoms with Crippen molar-refractivity contribution in [2.45, 2.75) is 12.5 Å². The second kappa shape index (κ2) is 3.48. The number of hydrogen-bond acceptors (Lipinski definition) is 2. The molecule has 0 aromatic heterocycles. The molecule has 1 fully saturated rings. The summed E-state index contributed by atoms with van der Waals surface area (Å²) in [6.45, 7) is 2.47. The number of benzene rings is 1. The summed E-state index contributed by atoms with van der Waals surface area (Å²) in [7, 11) is 2.14. The lowest BCUT2D eigenvalue weighted by molar-refractivity contribution is 0.189. The van der Waals surface area contributed by atoms with E-state index in [0.29, 0.717) is 5.92 Å². The van der Waals surface area contributed by atoms with E-state index in [-0.39, 0.29) is 6.61 Å². The standard InChI is InChI=1S/C11H15NO/c1-12-6-11(7-12)10-4-2-9(8-13)3-5-10/h2-5,11,13H,6-8H2,1H3. The SMILES string of the molecule is CN1CC(c2ccc(CO)cc2)C1. The first-order chi connectivity index (χ1) is 6.29. The lowest BCUT2D eigenvalue weighted by atomic mass is 9.91. The smallest absolute Gasteiger partial charge is 0.0681 e. The number of rotatable bonds is 2. The largest absolute Gasteiger partial charge is 0.392 e. The van der Waals surface area contributed by atoms with Crippen LogP contribution in [-0.4, -0.2) is 30.1 Å². The number of likely N-dealkylation sites (N-methyl/N-ethyl adjacent to an activating group) is 1. The van der Waals surface area contributed by atoms with Gasteiger partial charge in [-0.3, -0.25) is 0 Å². The Bertz CT molecular complexity index is 275. The highest BCUT2D eigenvalue weighted by Gasteiger charge is 2.24.